The van der Waals surface area contributed by atoms with Gasteiger partial charge in [-0.3, -0.25) is 9.59 Å². The first-order valence-corrected chi connectivity index (χ1v) is 8.19. The number of esters is 1. The summed E-state index contributed by atoms with van der Waals surface area (Å²) < 4.78 is 10.6. The van der Waals surface area contributed by atoms with Gasteiger partial charge in [-0.2, -0.15) is 0 Å². The van der Waals surface area contributed by atoms with Gasteiger partial charge in [-0.05, 0) is 42.8 Å². The Hall–Kier alpha value is -3.35. The summed E-state index contributed by atoms with van der Waals surface area (Å²) in [5.74, 6) is 0.110. The molecule has 1 aliphatic heterocycles. The van der Waals surface area contributed by atoms with Gasteiger partial charge >= 0.3 is 5.97 Å². The zero-order valence-corrected chi connectivity index (χ0v) is 13.9. The Balaban J connectivity index is 1.45. The van der Waals surface area contributed by atoms with Gasteiger partial charge in [0.2, 0.25) is 5.91 Å². The fourth-order valence-corrected chi connectivity index (χ4v) is 2.46. The number of benzene rings is 2. The molecule has 3 rings (SSSR count). The van der Waals surface area contributed by atoms with Gasteiger partial charge in [0.15, 0.2) is 6.61 Å². The Morgan fingerprint density at radius 3 is 2.38 bits per heavy atom. The number of carbonyl (C=O) groups is 3. The summed E-state index contributed by atoms with van der Waals surface area (Å²) in [6.07, 6.45) is 0.686. The number of ether oxygens (including phenoxy) is 2. The lowest BCUT2D eigenvalue weighted by Gasteiger charge is -2.11. The van der Waals surface area contributed by atoms with Gasteiger partial charge in [-0.15, -0.1) is 0 Å². The Bertz CT molecular complexity index is 789. The van der Waals surface area contributed by atoms with Crippen molar-refractivity contribution in [2.75, 3.05) is 11.9 Å². The summed E-state index contributed by atoms with van der Waals surface area (Å²) >= 11 is 0. The van der Waals surface area contributed by atoms with E-state index in [1.807, 2.05) is 30.3 Å². The number of hydrogen-bond acceptors (Lipinski definition) is 5. The van der Waals surface area contributed by atoms with Crippen LogP contribution in [0.1, 0.15) is 12.8 Å². The molecule has 2 aromatic carbocycles. The summed E-state index contributed by atoms with van der Waals surface area (Å²) in [6.45, 7) is -0.409. The maximum absolute atomic E-state index is 11.9. The number of hydrogen-bond donors (Lipinski definition) is 2. The van der Waals surface area contributed by atoms with Crippen molar-refractivity contribution in [2.24, 2.45) is 0 Å². The van der Waals surface area contributed by atoms with Gasteiger partial charge in [-0.1, -0.05) is 18.2 Å². The van der Waals surface area contributed by atoms with Gasteiger partial charge in [0.25, 0.3) is 5.91 Å². The van der Waals surface area contributed by atoms with Crippen molar-refractivity contribution in [3.8, 4) is 11.5 Å². The predicted molar refractivity (Wildman–Crippen MR) is 93.7 cm³/mol. The Morgan fingerprint density at radius 1 is 1.04 bits per heavy atom. The fraction of sp³-hybridized carbons (Fsp3) is 0.211. The average Bonchev–Trinajstić information content (AvgIpc) is 3.09. The maximum atomic E-state index is 11.9. The van der Waals surface area contributed by atoms with Gasteiger partial charge in [-0.25, -0.2) is 4.79 Å². The van der Waals surface area contributed by atoms with Gasteiger partial charge < -0.3 is 20.1 Å². The molecule has 0 spiro atoms. The topological polar surface area (TPSA) is 93.7 Å². The molecule has 1 fully saturated rings. The molecule has 2 N–H and O–H groups in total. The zero-order valence-electron chi connectivity index (χ0n) is 13.9. The molecule has 0 aliphatic carbocycles. The maximum Gasteiger partial charge on any atom is 0.329 e. The normalized spacial score (nSPS) is 15.8. The van der Waals surface area contributed by atoms with Crippen LogP contribution in [0.2, 0.25) is 0 Å². The van der Waals surface area contributed by atoms with Crippen molar-refractivity contribution in [1.82, 2.24) is 5.32 Å². The Morgan fingerprint density at radius 2 is 1.73 bits per heavy atom. The van der Waals surface area contributed by atoms with E-state index in [0.29, 0.717) is 24.3 Å². The standard InChI is InChI=1S/C19H18N2O5/c22-17-11-10-16(21-17)19(24)25-12-18(23)20-13-6-8-15(9-7-13)26-14-4-2-1-3-5-14/h1-9,16H,10-12H2,(H,20,23)(H,21,22)/t16-/m1/s1. The molecule has 134 valence electrons. The molecule has 0 bridgehead atoms. The summed E-state index contributed by atoms with van der Waals surface area (Å²) in [4.78, 5) is 34.7. The first-order valence-electron chi connectivity index (χ1n) is 8.19. The number of para-hydroxylation sites is 1. The van der Waals surface area contributed by atoms with Crippen LogP contribution in [0.25, 0.3) is 0 Å². The number of nitrogens with one attached hydrogen (secondary N) is 2. The van der Waals surface area contributed by atoms with E-state index in [4.69, 9.17) is 9.47 Å². The van der Waals surface area contributed by atoms with E-state index in [9.17, 15) is 14.4 Å². The third-order valence-electron chi connectivity index (χ3n) is 3.74. The molecule has 0 radical (unpaired) electrons. The van der Waals surface area contributed by atoms with Gasteiger partial charge in [0.05, 0.1) is 0 Å². The van der Waals surface area contributed by atoms with E-state index >= 15 is 0 Å². The second-order valence-corrected chi connectivity index (χ2v) is 5.75. The number of rotatable bonds is 6. The predicted octanol–water partition coefficient (Wildman–Crippen LogP) is 2.24. The molecule has 1 atom stereocenters. The van der Waals surface area contributed by atoms with Crippen LogP contribution < -0.4 is 15.4 Å². The summed E-state index contributed by atoms with van der Waals surface area (Å²) in [6, 6.07) is 15.5. The highest BCUT2D eigenvalue weighted by molar-refractivity contribution is 5.94. The zero-order chi connectivity index (χ0) is 18.4. The van der Waals surface area contributed by atoms with Crippen LogP contribution in [-0.4, -0.2) is 30.4 Å². The molecule has 2 aromatic rings. The molecule has 0 unspecified atom stereocenters. The SMILES string of the molecule is O=C(COC(=O)[C@H]1CCC(=O)N1)Nc1ccc(Oc2ccccc2)cc1. The van der Waals surface area contributed by atoms with E-state index < -0.39 is 24.5 Å². The van der Waals surface area contributed by atoms with Crippen molar-refractivity contribution in [2.45, 2.75) is 18.9 Å². The molecule has 1 saturated heterocycles. The smallest absolute Gasteiger partial charge is 0.329 e. The van der Waals surface area contributed by atoms with Crippen LogP contribution in [0.3, 0.4) is 0 Å². The molecule has 7 nitrogen and oxygen atoms in total. The van der Waals surface area contributed by atoms with Crippen LogP contribution >= 0.6 is 0 Å². The van der Waals surface area contributed by atoms with E-state index in [1.54, 1.807) is 24.3 Å². The number of amides is 2. The molecule has 0 aromatic heterocycles. The van der Waals surface area contributed by atoms with Crippen molar-refractivity contribution in [3.63, 3.8) is 0 Å². The van der Waals surface area contributed by atoms with Crippen LogP contribution in [0.5, 0.6) is 11.5 Å². The summed E-state index contributed by atoms with van der Waals surface area (Å²) in [5.41, 5.74) is 0.556. The average molecular weight is 354 g/mol. The van der Waals surface area contributed by atoms with Crippen molar-refractivity contribution >= 4 is 23.5 Å². The highest BCUT2D eigenvalue weighted by Crippen LogP contribution is 2.22. The van der Waals surface area contributed by atoms with Crippen LogP contribution in [0, 0.1) is 0 Å². The minimum absolute atomic E-state index is 0.186. The van der Waals surface area contributed by atoms with Crippen molar-refractivity contribution < 1.29 is 23.9 Å². The van der Waals surface area contributed by atoms with Crippen molar-refractivity contribution in [1.29, 1.82) is 0 Å². The largest absolute Gasteiger partial charge is 0.457 e. The molecular weight excluding hydrogens is 336 g/mol. The minimum Gasteiger partial charge on any atom is -0.457 e. The molecule has 1 aliphatic rings. The molecule has 0 saturated carbocycles. The summed E-state index contributed by atoms with van der Waals surface area (Å²) in [7, 11) is 0. The number of anilines is 1. The second-order valence-electron chi connectivity index (χ2n) is 5.75. The monoisotopic (exact) mass is 354 g/mol. The molecule has 7 heteroatoms. The summed E-state index contributed by atoms with van der Waals surface area (Å²) in [5, 5.41) is 5.12. The molecular formula is C19H18N2O5. The first-order chi connectivity index (χ1) is 12.6. The third kappa shape index (κ3) is 4.83. The highest BCUT2D eigenvalue weighted by Gasteiger charge is 2.28. The molecule has 1 heterocycles. The van der Waals surface area contributed by atoms with E-state index in [0.717, 1.165) is 5.75 Å². The van der Waals surface area contributed by atoms with Crippen LogP contribution in [-0.2, 0) is 19.1 Å². The lowest BCUT2D eigenvalue weighted by atomic mass is 10.2. The molecule has 2 amide bonds. The van der Waals surface area contributed by atoms with E-state index in [-0.39, 0.29) is 5.91 Å². The van der Waals surface area contributed by atoms with Crippen LogP contribution in [0.4, 0.5) is 5.69 Å². The Labute approximate surface area is 150 Å². The van der Waals surface area contributed by atoms with Crippen LogP contribution in [0.15, 0.2) is 54.6 Å². The van der Waals surface area contributed by atoms with Gasteiger partial charge in [0.1, 0.15) is 17.5 Å². The third-order valence-corrected chi connectivity index (χ3v) is 3.74. The van der Waals surface area contributed by atoms with Gasteiger partial charge in [0, 0.05) is 12.1 Å². The first kappa shape index (κ1) is 17.5. The fourth-order valence-electron chi connectivity index (χ4n) is 2.46. The van der Waals surface area contributed by atoms with Crippen molar-refractivity contribution in [3.05, 3.63) is 54.6 Å². The molecule has 26 heavy (non-hydrogen) atoms. The lowest BCUT2D eigenvalue weighted by Crippen LogP contribution is -2.36. The second kappa shape index (κ2) is 8.15. The number of carbonyl (C=O) groups excluding carboxylic acids is 3. The highest BCUT2D eigenvalue weighted by atomic mass is 16.5. The van der Waals surface area contributed by atoms with E-state index in [2.05, 4.69) is 10.6 Å². The Kier molecular flexibility index (Phi) is 5.48. The van der Waals surface area contributed by atoms with E-state index in [1.165, 1.54) is 0 Å². The quantitative estimate of drug-likeness (QED) is 0.776. The minimum atomic E-state index is -0.662. The lowest BCUT2D eigenvalue weighted by molar-refractivity contribution is -0.149.